The molecular weight excluding hydrogens is 398 g/mol. The van der Waals surface area contributed by atoms with E-state index in [4.69, 9.17) is 16.3 Å². The van der Waals surface area contributed by atoms with E-state index in [0.717, 1.165) is 54.4 Å². The van der Waals surface area contributed by atoms with Crippen LogP contribution in [0.3, 0.4) is 0 Å². The van der Waals surface area contributed by atoms with Gasteiger partial charge < -0.3 is 15.0 Å². The number of nitrogens with one attached hydrogen (secondary N) is 1. The van der Waals surface area contributed by atoms with Crippen LogP contribution in [0.1, 0.15) is 30.0 Å². The summed E-state index contributed by atoms with van der Waals surface area (Å²) in [4.78, 5) is 19.8. The van der Waals surface area contributed by atoms with Gasteiger partial charge in [0.25, 0.3) is 0 Å². The predicted molar refractivity (Wildman–Crippen MR) is 117 cm³/mol. The number of carbonyl (C=O) groups is 1. The number of para-hydroxylation sites is 2. The lowest BCUT2D eigenvalue weighted by molar-refractivity contribution is -0.126. The molecule has 1 saturated heterocycles. The van der Waals surface area contributed by atoms with Gasteiger partial charge in [0.2, 0.25) is 5.91 Å². The zero-order valence-corrected chi connectivity index (χ0v) is 17.2. The number of nitrogens with zero attached hydrogens (tertiary/aromatic N) is 2. The first-order valence-electron chi connectivity index (χ1n) is 10.2. The molecule has 0 saturated carbocycles. The third-order valence-corrected chi connectivity index (χ3v) is 6.09. The van der Waals surface area contributed by atoms with E-state index in [9.17, 15) is 4.79 Å². The Bertz CT molecular complexity index is 1020. The molecule has 0 spiro atoms. The molecule has 30 heavy (non-hydrogen) atoms. The second kappa shape index (κ2) is 8.00. The minimum Gasteiger partial charge on any atom is -0.457 e. The summed E-state index contributed by atoms with van der Waals surface area (Å²) in [6, 6.07) is 19.4. The first-order chi connectivity index (χ1) is 14.7. The lowest BCUT2D eigenvalue weighted by atomic mass is 9.91. The monoisotopic (exact) mass is 419 g/mol. The van der Waals surface area contributed by atoms with Crippen molar-refractivity contribution in [2.45, 2.75) is 18.9 Å². The largest absolute Gasteiger partial charge is 0.457 e. The van der Waals surface area contributed by atoms with Gasteiger partial charge in [-0.3, -0.25) is 4.79 Å². The third-order valence-electron chi connectivity index (χ3n) is 5.87. The number of rotatable bonds is 3. The highest BCUT2D eigenvalue weighted by molar-refractivity contribution is 6.30. The van der Waals surface area contributed by atoms with Gasteiger partial charge in [0.15, 0.2) is 0 Å². The molecule has 5 rings (SSSR count). The summed E-state index contributed by atoms with van der Waals surface area (Å²) in [5.74, 6) is 2.58. The smallest absolute Gasteiger partial charge is 0.223 e. The molecule has 1 N–H and O–H groups in total. The van der Waals surface area contributed by atoms with Gasteiger partial charge in [-0.05, 0) is 37.1 Å². The summed E-state index contributed by atoms with van der Waals surface area (Å²) in [6.45, 7) is 1.60. The van der Waals surface area contributed by atoms with Gasteiger partial charge in [0.05, 0.1) is 11.1 Å². The minimum atomic E-state index is -0.199. The van der Waals surface area contributed by atoms with E-state index in [2.05, 4.69) is 15.2 Å². The van der Waals surface area contributed by atoms with Crippen LogP contribution < -0.4 is 15.0 Å². The summed E-state index contributed by atoms with van der Waals surface area (Å²) in [5, 5.41) is 3.92. The van der Waals surface area contributed by atoms with Gasteiger partial charge in [0, 0.05) is 36.3 Å². The van der Waals surface area contributed by atoms with Crippen molar-refractivity contribution < 1.29 is 9.53 Å². The van der Waals surface area contributed by atoms with Crippen LogP contribution in [-0.4, -0.2) is 24.0 Å². The van der Waals surface area contributed by atoms with Crippen LogP contribution in [0.15, 0.2) is 66.9 Å². The summed E-state index contributed by atoms with van der Waals surface area (Å²) in [6.07, 6.45) is 3.25. The fourth-order valence-corrected chi connectivity index (χ4v) is 4.36. The molecule has 2 aromatic carbocycles. The standard InChI is InChI=1S/C24H22ClN3O2/c25-17-9-10-22(26-15-17)28-13-11-16(12-14-28)24(29)27-23-18-5-1-3-7-20(18)30-21-8-4-2-6-19(21)23/h1-10,15-16,23H,11-14H2,(H,27,29). The zero-order chi connectivity index (χ0) is 20.5. The van der Waals surface area contributed by atoms with Gasteiger partial charge in [0.1, 0.15) is 17.3 Å². The molecule has 6 heteroatoms. The van der Waals surface area contributed by atoms with E-state index in [0.29, 0.717) is 5.02 Å². The van der Waals surface area contributed by atoms with E-state index >= 15 is 0 Å². The Labute approximate surface area is 180 Å². The molecule has 3 heterocycles. The number of carbonyl (C=O) groups excluding carboxylic acids is 1. The molecule has 0 bridgehead atoms. The third kappa shape index (κ3) is 3.61. The molecule has 1 aromatic heterocycles. The summed E-state index contributed by atoms with van der Waals surface area (Å²) in [7, 11) is 0. The number of piperidine rings is 1. The molecule has 0 aliphatic carbocycles. The number of halogens is 1. The van der Waals surface area contributed by atoms with E-state index in [1.54, 1.807) is 6.20 Å². The molecule has 5 nitrogen and oxygen atoms in total. The maximum atomic E-state index is 13.2. The topological polar surface area (TPSA) is 54.5 Å². The average molecular weight is 420 g/mol. The Morgan fingerprint density at radius 3 is 2.20 bits per heavy atom. The highest BCUT2D eigenvalue weighted by atomic mass is 35.5. The van der Waals surface area contributed by atoms with Crippen molar-refractivity contribution in [2.75, 3.05) is 18.0 Å². The number of pyridine rings is 1. The second-order valence-corrected chi connectivity index (χ2v) is 8.15. The SMILES string of the molecule is O=C(NC1c2ccccc2Oc2ccccc21)C1CCN(c2ccc(Cl)cn2)CC1. The lowest BCUT2D eigenvalue weighted by Crippen LogP contribution is -2.42. The van der Waals surface area contributed by atoms with Crippen LogP contribution in [0.5, 0.6) is 11.5 Å². The van der Waals surface area contributed by atoms with Crippen LogP contribution in [0, 0.1) is 5.92 Å². The molecule has 0 atom stereocenters. The number of amides is 1. The minimum absolute atomic E-state index is 0.0179. The Hall–Kier alpha value is -3.05. The van der Waals surface area contributed by atoms with Crippen LogP contribution in [0.2, 0.25) is 5.02 Å². The highest BCUT2D eigenvalue weighted by Crippen LogP contribution is 2.42. The lowest BCUT2D eigenvalue weighted by Gasteiger charge is -2.34. The molecular formula is C24H22ClN3O2. The highest BCUT2D eigenvalue weighted by Gasteiger charge is 2.32. The number of anilines is 1. The Kier molecular flexibility index (Phi) is 5.05. The van der Waals surface area contributed by atoms with Gasteiger partial charge in [-0.25, -0.2) is 4.98 Å². The fraction of sp³-hybridized carbons (Fsp3) is 0.250. The summed E-state index contributed by atoms with van der Waals surface area (Å²) < 4.78 is 6.03. The van der Waals surface area contributed by atoms with Crippen molar-refractivity contribution >= 4 is 23.3 Å². The Balaban J connectivity index is 1.30. The fourth-order valence-electron chi connectivity index (χ4n) is 4.25. The first-order valence-corrected chi connectivity index (χ1v) is 10.6. The van der Waals surface area contributed by atoms with Gasteiger partial charge in [-0.2, -0.15) is 0 Å². The maximum absolute atomic E-state index is 13.2. The molecule has 0 unspecified atom stereocenters. The van der Waals surface area contributed by atoms with Crippen LogP contribution >= 0.6 is 11.6 Å². The number of benzene rings is 2. The van der Waals surface area contributed by atoms with Crippen molar-refractivity contribution in [1.82, 2.24) is 10.3 Å². The number of hydrogen-bond donors (Lipinski definition) is 1. The molecule has 1 amide bonds. The van der Waals surface area contributed by atoms with Crippen molar-refractivity contribution in [2.24, 2.45) is 5.92 Å². The first kappa shape index (κ1) is 18.9. The number of hydrogen-bond acceptors (Lipinski definition) is 4. The molecule has 1 fully saturated rings. The predicted octanol–water partition coefficient (Wildman–Crippen LogP) is 4.96. The van der Waals surface area contributed by atoms with Gasteiger partial charge in [-0.15, -0.1) is 0 Å². The molecule has 0 radical (unpaired) electrons. The van der Waals surface area contributed by atoms with Gasteiger partial charge >= 0.3 is 0 Å². The number of aromatic nitrogens is 1. The maximum Gasteiger partial charge on any atom is 0.223 e. The normalized spacial score (nSPS) is 16.4. The quantitative estimate of drug-likeness (QED) is 0.651. The van der Waals surface area contributed by atoms with E-state index in [-0.39, 0.29) is 17.9 Å². The summed E-state index contributed by atoms with van der Waals surface area (Å²) >= 11 is 5.94. The van der Waals surface area contributed by atoms with Crippen LogP contribution in [-0.2, 0) is 4.79 Å². The van der Waals surface area contributed by atoms with Crippen molar-refractivity contribution in [1.29, 1.82) is 0 Å². The molecule has 152 valence electrons. The summed E-state index contributed by atoms with van der Waals surface area (Å²) in [5.41, 5.74) is 1.99. The Morgan fingerprint density at radius 2 is 1.60 bits per heavy atom. The van der Waals surface area contributed by atoms with E-state index in [1.165, 1.54) is 0 Å². The molecule has 3 aromatic rings. The molecule has 2 aliphatic heterocycles. The second-order valence-electron chi connectivity index (χ2n) is 7.72. The zero-order valence-electron chi connectivity index (χ0n) is 16.4. The van der Waals surface area contributed by atoms with E-state index < -0.39 is 0 Å². The van der Waals surface area contributed by atoms with Crippen molar-refractivity contribution in [3.63, 3.8) is 0 Å². The van der Waals surface area contributed by atoms with Crippen molar-refractivity contribution in [3.8, 4) is 11.5 Å². The Morgan fingerprint density at radius 1 is 0.967 bits per heavy atom. The van der Waals surface area contributed by atoms with Crippen LogP contribution in [0.4, 0.5) is 5.82 Å². The van der Waals surface area contributed by atoms with Crippen LogP contribution in [0.25, 0.3) is 0 Å². The molecule has 2 aliphatic rings. The van der Waals surface area contributed by atoms with Crippen molar-refractivity contribution in [3.05, 3.63) is 83.0 Å². The van der Waals surface area contributed by atoms with E-state index in [1.807, 2.05) is 60.7 Å². The van der Waals surface area contributed by atoms with Gasteiger partial charge in [-0.1, -0.05) is 48.0 Å². The number of fused-ring (bicyclic) bond motifs is 2. The number of ether oxygens (including phenoxy) is 1. The average Bonchev–Trinajstić information content (AvgIpc) is 2.79.